The van der Waals surface area contributed by atoms with Crippen molar-refractivity contribution in [2.75, 3.05) is 0 Å². The predicted octanol–water partition coefficient (Wildman–Crippen LogP) is 0.701. The van der Waals surface area contributed by atoms with Gasteiger partial charge in [0.05, 0.1) is 4.92 Å². The van der Waals surface area contributed by atoms with Gasteiger partial charge in [0.1, 0.15) is 6.04 Å². The first kappa shape index (κ1) is 15.5. The molecule has 0 saturated carbocycles. The van der Waals surface area contributed by atoms with Crippen LogP contribution in [0.3, 0.4) is 0 Å². The molecule has 1 aromatic carbocycles. The van der Waals surface area contributed by atoms with Gasteiger partial charge < -0.3 is 4.65 Å². The minimum atomic E-state index is -4.25. The van der Waals surface area contributed by atoms with Crippen molar-refractivity contribution in [3.63, 3.8) is 0 Å². The molecule has 21 heavy (non-hydrogen) atoms. The summed E-state index contributed by atoms with van der Waals surface area (Å²) in [7, 11) is -3.46. The third-order valence-electron chi connectivity index (χ3n) is 3.04. The molecule has 0 amide bonds. The molecule has 1 radical (unpaired) electrons. The van der Waals surface area contributed by atoms with Crippen LogP contribution in [0.1, 0.15) is 13.8 Å². The smallest absolute Gasteiger partial charge is 0.498 e. The zero-order chi connectivity index (χ0) is 15.8. The van der Waals surface area contributed by atoms with Gasteiger partial charge in [0.15, 0.2) is 4.90 Å². The predicted molar refractivity (Wildman–Crippen MR) is 72.6 cm³/mol. The highest BCUT2D eigenvalue weighted by molar-refractivity contribution is 7.90. The van der Waals surface area contributed by atoms with Gasteiger partial charge in [0, 0.05) is 6.07 Å². The van der Waals surface area contributed by atoms with Crippen molar-refractivity contribution < 1.29 is 22.8 Å². The maximum atomic E-state index is 12.6. The molecule has 2 rings (SSSR count). The Morgan fingerprint density at radius 3 is 2.57 bits per heavy atom. The summed E-state index contributed by atoms with van der Waals surface area (Å²) in [6.45, 7) is 3.32. The highest BCUT2D eigenvalue weighted by Crippen LogP contribution is 2.30. The third kappa shape index (κ3) is 2.63. The van der Waals surface area contributed by atoms with E-state index in [-0.39, 0.29) is 5.92 Å². The van der Waals surface area contributed by atoms with Crippen LogP contribution in [0.5, 0.6) is 0 Å². The van der Waals surface area contributed by atoms with Crippen molar-refractivity contribution in [1.29, 1.82) is 0 Å². The minimum absolute atomic E-state index is 0.339. The van der Waals surface area contributed by atoms with Crippen LogP contribution in [0.2, 0.25) is 0 Å². The summed E-state index contributed by atoms with van der Waals surface area (Å²) < 4.78 is 30.6. The second-order valence-electron chi connectivity index (χ2n) is 4.79. The molecular formula is C11H12BN2O6S. The van der Waals surface area contributed by atoms with Crippen LogP contribution in [-0.4, -0.2) is 37.2 Å². The Labute approximate surface area is 122 Å². The molecule has 1 aliphatic rings. The fraction of sp³-hybridized carbons (Fsp3) is 0.364. The second-order valence-corrected chi connectivity index (χ2v) is 6.60. The van der Waals surface area contributed by atoms with Crippen LogP contribution in [0.4, 0.5) is 5.69 Å². The van der Waals surface area contributed by atoms with E-state index in [0.717, 1.165) is 24.0 Å². The van der Waals surface area contributed by atoms with Crippen LogP contribution in [-0.2, 0) is 19.5 Å². The van der Waals surface area contributed by atoms with Gasteiger partial charge in [-0.3, -0.25) is 14.9 Å². The number of para-hydroxylation sites is 1. The van der Waals surface area contributed by atoms with Gasteiger partial charge in [-0.1, -0.05) is 26.0 Å². The Morgan fingerprint density at radius 1 is 1.38 bits per heavy atom. The van der Waals surface area contributed by atoms with E-state index in [4.69, 9.17) is 0 Å². The van der Waals surface area contributed by atoms with Crippen molar-refractivity contribution in [2.24, 2.45) is 5.92 Å². The molecule has 8 nitrogen and oxygen atoms in total. The monoisotopic (exact) mass is 311 g/mol. The van der Waals surface area contributed by atoms with Crippen molar-refractivity contribution in [3.8, 4) is 0 Å². The third-order valence-corrected chi connectivity index (χ3v) is 4.81. The van der Waals surface area contributed by atoms with E-state index in [1.807, 2.05) is 0 Å². The normalized spacial score (nSPS) is 19.4. The first-order chi connectivity index (χ1) is 9.76. The Bertz CT molecular complexity index is 690. The number of hydrogen-bond acceptors (Lipinski definition) is 6. The largest absolute Gasteiger partial charge is 0.520 e. The number of nitrogens with zero attached hydrogens (tertiary/aromatic N) is 2. The van der Waals surface area contributed by atoms with Crippen molar-refractivity contribution in [1.82, 2.24) is 4.22 Å². The quantitative estimate of drug-likeness (QED) is 0.460. The van der Waals surface area contributed by atoms with E-state index in [9.17, 15) is 23.3 Å². The molecule has 0 aliphatic carbocycles. The molecule has 0 bridgehead atoms. The number of carbonyl (C=O) groups is 1. The maximum absolute atomic E-state index is 12.6. The van der Waals surface area contributed by atoms with Gasteiger partial charge in [-0.25, -0.2) is 8.42 Å². The Kier molecular flexibility index (Phi) is 4.01. The minimum Gasteiger partial charge on any atom is -0.520 e. The molecule has 1 aromatic rings. The average molecular weight is 311 g/mol. The molecule has 111 valence electrons. The van der Waals surface area contributed by atoms with E-state index in [1.165, 1.54) is 12.1 Å². The molecule has 1 heterocycles. The Balaban J connectivity index is 2.53. The van der Waals surface area contributed by atoms with E-state index >= 15 is 0 Å². The first-order valence-corrected chi connectivity index (χ1v) is 7.51. The second kappa shape index (κ2) is 5.45. The summed E-state index contributed by atoms with van der Waals surface area (Å²) in [6, 6.07) is 3.93. The maximum Gasteiger partial charge on any atom is 0.498 e. The van der Waals surface area contributed by atoms with Gasteiger partial charge in [-0.05, 0) is 12.0 Å². The number of benzene rings is 1. The molecule has 0 unspecified atom stereocenters. The Hall–Kier alpha value is -1.94. The topological polar surface area (TPSA) is 107 Å². The van der Waals surface area contributed by atoms with Crippen molar-refractivity contribution in [3.05, 3.63) is 34.4 Å². The van der Waals surface area contributed by atoms with Crippen LogP contribution in [0.25, 0.3) is 0 Å². The van der Waals surface area contributed by atoms with E-state index < -0.39 is 37.5 Å². The lowest BCUT2D eigenvalue weighted by molar-refractivity contribution is -0.387. The lowest BCUT2D eigenvalue weighted by atomic mass is 10.0. The van der Waals surface area contributed by atoms with E-state index in [0.29, 0.717) is 0 Å². The number of carbonyl (C=O) groups excluding carboxylic acids is 1. The molecule has 1 atom stereocenters. The lowest BCUT2D eigenvalue weighted by Gasteiger charge is -2.22. The lowest BCUT2D eigenvalue weighted by Crippen LogP contribution is -2.42. The number of nitro benzene ring substituents is 1. The molecule has 1 fully saturated rings. The van der Waals surface area contributed by atoms with Gasteiger partial charge in [0.2, 0.25) is 10.0 Å². The first-order valence-electron chi connectivity index (χ1n) is 6.07. The zero-order valence-electron chi connectivity index (χ0n) is 11.3. The van der Waals surface area contributed by atoms with E-state index in [1.54, 1.807) is 13.8 Å². The SMILES string of the molecule is CC(C)[C@@H]1C(=O)O[B]N1S(=O)(=O)c1ccccc1[N+](=O)[O-]. The highest BCUT2D eigenvalue weighted by Gasteiger charge is 2.47. The summed E-state index contributed by atoms with van der Waals surface area (Å²) in [5.41, 5.74) is -0.548. The zero-order valence-corrected chi connectivity index (χ0v) is 12.1. The molecular weight excluding hydrogens is 299 g/mol. The summed E-state index contributed by atoms with van der Waals surface area (Å²) in [5, 5.41) is 11.0. The van der Waals surface area contributed by atoms with Crippen LogP contribution in [0, 0.1) is 16.0 Å². The fourth-order valence-electron chi connectivity index (χ4n) is 2.05. The van der Waals surface area contributed by atoms with Crippen LogP contribution in [0.15, 0.2) is 29.2 Å². The van der Waals surface area contributed by atoms with E-state index in [2.05, 4.69) is 4.65 Å². The van der Waals surface area contributed by atoms with Crippen molar-refractivity contribution in [2.45, 2.75) is 24.8 Å². The van der Waals surface area contributed by atoms with Crippen LogP contribution >= 0.6 is 0 Å². The summed E-state index contributed by atoms with van der Waals surface area (Å²) in [5.74, 6) is -1.04. The van der Waals surface area contributed by atoms with Gasteiger partial charge in [0.25, 0.3) is 5.69 Å². The molecule has 10 heteroatoms. The number of nitro groups is 1. The average Bonchev–Trinajstić information content (AvgIpc) is 2.81. The molecule has 1 aliphatic heterocycles. The molecule has 1 saturated heterocycles. The standard InChI is InChI=1S/C11H12BN2O6S/c1-7(2)10-11(15)20-12-13(10)21(18,19)9-6-4-3-5-8(9)14(16)17/h3-7,10H,1-2H3/t10-/m1/s1. The number of hydrogen-bond donors (Lipinski definition) is 0. The fourth-order valence-corrected chi connectivity index (χ4v) is 3.72. The van der Waals surface area contributed by atoms with Gasteiger partial charge in [-0.15, -0.1) is 0 Å². The Morgan fingerprint density at radius 2 is 2.00 bits per heavy atom. The number of sulfonamides is 1. The number of rotatable bonds is 4. The molecule has 0 spiro atoms. The summed E-state index contributed by atoms with van der Waals surface area (Å²) >= 11 is 0. The summed E-state index contributed by atoms with van der Waals surface area (Å²) in [4.78, 5) is 21.3. The summed E-state index contributed by atoms with van der Waals surface area (Å²) in [6.07, 6.45) is 0. The van der Waals surface area contributed by atoms with Crippen molar-refractivity contribution >= 4 is 29.3 Å². The van der Waals surface area contributed by atoms with Crippen LogP contribution < -0.4 is 0 Å². The highest BCUT2D eigenvalue weighted by atomic mass is 32.2. The molecule has 0 aromatic heterocycles. The molecule has 0 N–H and O–H groups in total. The van der Waals surface area contributed by atoms with Gasteiger partial charge in [-0.2, -0.15) is 4.22 Å². The van der Waals surface area contributed by atoms with Gasteiger partial charge >= 0.3 is 13.6 Å².